The normalized spacial score (nSPS) is 26.7. The minimum Gasteiger partial charge on any atom is -0.371 e. The van der Waals surface area contributed by atoms with Crippen LogP contribution in [0.15, 0.2) is 17.5 Å². The molecule has 0 saturated heterocycles. The number of thiophene rings is 2. The molecule has 4 heterocycles. The number of nitrogens with one attached hydrogen (secondary N) is 1. The van der Waals surface area contributed by atoms with Gasteiger partial charge in [-0.1, -0.05) is 0 Å². The van der Waals surface area contributed by atoms with Crippen LogP contribution >= 0.6 is 22.7 Å². The van der Waals surface area contributed by atoms with Gasteiger partial charge in [-0.2, -0.15) is 0 Å². The Bertz CT molecular complexity index is 697. The van der Waals surface area contributed by atoms with Crippen LogP contribution in [0, 0.1) is 0 Å². The molecule has 0 fully saturated rings. The Kier molecular flexibility index (Phi) is 5.03. The third-order valence-corrected chi connectivity index (χ3v) is 7.25. The van der Waals surface area contributed by atoms with Crippen LogP contribution in [-0.4, -0.2) is 26.7 Å². The zero-order chi connectivity index (χ0) is 16.5. The summed E-state index contributed by atoms with van der Waals surface area (Å²) in [4.78, 5) is 4.03. The van der Waals surface area contributed by atoms with Gasteiger partial charge in [-0.3, -0.25) is 0 Å². The minimum absolute atomic E-state index is 0.0630. The third kappa shape index (κ3) is 3.07. The standard InChI is InChI=1S/C18H24N2O2S2/c1-20-10-15-17-11(5-7-23-17)2-3-13(22-15)16-8-12-4-6-21-14(9-19)18(12)24-16/h5,7-8,13-15,20H,2-4,6,9-10,19H2,1H3. The predicted molar refractivity (Wildman–Crippen MR) is 98.9 cm³/mol. The topological polar surface area (TPSA) is 56.5 Å². The number of nitrogens with two attached hydrogens (primary N) is 1. The van der Waals surface area contributed by atoms with Gasteiger partial charge in [0.25, 0.3) is 0 Å². The molecular formula is C18H24N2O2S2. The van der Waals surface area contributed by atoms with Crippen LogP contribution in [0.5, 0.6) is 0 Å². The van der Waals surface area contributed by atoms with E-state index >= 15 is 0 Å². The smallest absolute Gasteiger partial charge is 0.105 e. The number of fused-ring (bicyclic) bond motifs is 2. The lowest BCUT2D eigenvalue weighted by atomic mass is 10.0. The van der Waals surface area contributed by atoms with E-state index < -0.39 is 0 Å². The predicted octanol–water partition coefficient (Wildman–Crippen LogP) is 3.35. The van der Waals surface area contributed by atoms with Gasteiger partial charge in [-0.05, 0) is 54.9 Å². The van der Waals surface area contributed by atoms with Gasteiger partial charge < -0.3 is 20.5 Å². The Labute approximate surface area is 151 Å². The van der Waals surface area contributed by atoms with E-state index in [2.05, 4.69) is 22.8 Å². The minimum atomic E-state index is 0.0630. The lowest BCUT2D eigenvalue weighted by molar-refractivity contribution is -0.00903. The summed E-state index contributed by atoms with van der Waals surface area (Å²) in [6.45, 7) is 2.18. The molecule has 0 aromatic carbocycles. The van der Waals surface area contributed by atoms with Gasteiger partial charge in [-0.25, -0.2) is 0 Å². The summed E-state index contributed by atoms with van der Waals surface area (Å²) in [5, 5.41) is 5.47. The third-order valence-electron chi connectivity index (χ3n) is 4.84. The summed E-state index contributed by atoms with van der Waals surface area (Å²) in [6, 6.07) is 4.60. The summed E-state index contributed by atoms with van der Waals surface area (Å²) < 4.78 is 12.4. The average Bonchev–Trinajstić information content (AvgIpc) is 3.20. The molecule has 3 atom stereocenters. The molecule has 0 aliphatic carbocycles. The molecular weight excluding hydrogens is 340 g/mol. The average molecular weight is 365 g/mol. The second-order valence-corrected chi connectivity index (χ2v) is 8.47. The van der Waals surface area contributed by atoms with Crippen molar-refractivity contribution in [3.63, 3.8) is 0 Å². The van der Waals surface area contributed by atoms with Gasteiger partial charge in [0.2, 0.25) is 0 Å². The number of aryl methyl sites for hydroxylation is 1. The highest BCUT2D eigenvalue weighted by atomic mass is 32.1. The van der Waals surface area contributed by atoms with E-state index in [0.29, 0.717) is 6.54 Å². The summed E-state index contributed by atoms with van der Waals surface area (Å²) in [5.74, 6) is 0. The summed E-state index contributed by atoms with van der Waals surface area (Å²) in [5.41, 5.74) is 8.74. The molecule has 0 amide bonds. The highest BCUT2D eigenvalue weighted by Crippen LogP contribution is 2.43. The Hall–Kier alpha value is -0.760. The van der Waals surface area contributed by atoms with Gasteiger partial charge in [-0.15, -0.1) is 22.7 Å². The first-order valence-corrected chi connectivity index (χ1v) is 10.3. The first kappa shape index (κ1) is 16.7. The van der Waals surface area contributed by atoms with Gasteiger partial charge >= 0.3 is 0 Å². The fraction of sp³-hybridized carbons (Fsp3) is 0.556. The van der Waals surface area contributed by atoms with Gasteiger partial charge in [0, 0.05) is 27.7 Å². The van der Waals surface area contributed by atoms with Gasteiger partial charge in [0.15, 0.2) is 0 Å². The number of hydrogen-bond donors (Lipinski definition) is 2. The molecule has 3 N–H and O–H groups in total. The molecule has 2 aromatic rings. The Morgan fingerprint density at radius 3 is 3.00 bits per heavy atom. The van der Waals surface area contributed by atoms with Crippen molar-refractivity contribution in [2.75, 3.05) is 26.7 Å². The van der Waals surface area contributed by atoms with Gasteiger partial charge in [0.05, 0.1) is 12.7 Å². The van der Waals surface area contributed by atoms with Crippen molar-refractivity contribution in [2.24, 2.45) is 5.73 Å². The maximum atomic E-state index is 6.56. The van der Waals surface area contributed by atoms with E-state index in [1.807, 2.05) is 29.7 Å². The molecule has 2 aromatic heterocycles. The molecule has 24 heavy (non-hydrogen) atoms. The fourth-order valence-electron chi connectivity index (χ4n) is 3.64. The van der Waals surface area contributed by atoms with E-state index in [1.165, 1.54) is 25.8 Å². The Morgan fingerprint density at radius 1 is 1.25 bits per heavy atom. The molecule has 3 unspecified atom stereocenters. The van der Waals surface area contributed by atoms with Crippen molar-refractivity contribution < 1.29 is 9.47 Å². The zero-order valence-corrected chi connectivity index (χ0v) is 15.6. The van der Waals surface area contributed by atoms with Crippen LogP contribution in [0.1, 0.15) is 50.5 Å². The molecule has 4 rings (SSSR count). The second-order valence-electron chi connectivity index (χ2n) is 6.40. The summed E-state index contributed by atoms with van der Waals surface area (Å²) in [7, 11) is 1.99. The lowest BCUT2D eigenvalue weighted by Gasteiger charge is -2.21. The van der Waals surface area contributed by atoms with Crippen LogP contribution in [-0.2, 0) is 22.3 Å². The zero-order valence-electron chi connectivity index (χ0n) is 13.9. The molecule has 0 spiro atoms. The molecule has 4 nitrogen and oxygen atoms in total. The van der Waals surface area contributed by atoms with E-state index in [0.717, 1.165) is 32.4 Å². The van der Waals surface area contributed by atoms with Crippen molar-refractivity contribution in [3.8, 4) is 0 Å². The molecule has 0 saturated carbocycles. The highest BCUT2D eigenvalue weighted by molar-refractivity contribution is 7.12. The van der Waals surface area contributed by atoms with Crippen molar-refractivity contribution in [1.29, 1.82) is 0 Å². The van der Waals surface area contributed by atoms with Gasteiger partial charge in [0.1, 0.15) is 12.2 Å². The molecule has 0 radical (unpaired) electrons. The summed E-state index contributed by atoms with van der Waals surface area (Å²) >= 11 is 3.66. The van der Waals surface area contributed by atoms with E-state index in [9.17, 15) is 0 Å². The molecule has 6 heteroatoms. The first-order chi connectivity index (χ1) is 11.8. The molecule has 0 bridgehead atoms. The van der Waals surface area contributed by atoms with Crippen molar-refractivity contribution >= 4 is 22.7 Å². The maximum Gasteiger partial charge on any atom is 0.105 e. The lowest BCUT2D eigenvalue weighted by Crippen LogP contribution is -2.21. The Balaban J connectivity index is 1.61. The van der Waals surface area contributed by atoms with E-state index in [1.54, 1.807) is 0 Å². The summed E-state index contributed by atoms with van der Waals surface area (Å²) in [6.07, 6.45) is 3.48. The van der Waals surface area contributed by atoms with Crippen molar-refractivity contribution in [1.82, 2.24) is 5.32 Å². The van der Waals surface area contributed by atoms with Crippen LogP contribution in [0.25, 0.3) is 0 Å². The van der Waals surface area contributed by atoms with Crippen LogP contribution < -0.4 is 11.1 Å². The fourth-order valence-corrected chi connectivity index (χ4v) is 5.98. The van der Waals surface area contributed by atoms with Crippen molar-refractivity contribution in [3.05, 3.63) is 43.3 Å². The highest BCUT2D eigenvalue weighted by Gasteiger charge is 2.30. The Morgan fingerprint density at radius 2 is 2.17 bits per heavy atom. The largest absolute Gasteiger partial charge is 0.371 e. The number of likely N-dealkylation sites (N-methyl/N-ethyl adjacent to an activating group) is 1. The van der Waals surface area contributed by atoms with E-state index in [4.69, 9.17) is 15.2 Å². The molecule has 2 aliphatic rings. The molecule has 130 valence electrons. The molecule has 2 aliphatic heterocycles. The van der Waals surface area contributed by atoms with Crippen LogP contribution in [0.2, 0.25) is 0 Å². The second kappa shape index (κ2) is 7.23. The first-order valence-electron chi connectivity index (χ1n) is 8.60. The number of ether oxygens (including phenoxy) is 2. The quantitative estimate of drug-likeness (QED) is 0.874. The maximum absolute atomic E-state index is 6.56. The van der Waals surface area contributed by atoms with Crippen LogP contribution in [0.3, 0.4) is 0 Å². The van der Waals surface area contributed by atoms with Crippen molar-refractivity contribution in [2.45, 2.75) is 37.6 Å². The monoisotopic (exact) mass is 364 g/mol. The van der Waals surface area contributed by atoms with Crippen LogP contribution in [0.4, 0.5) is 0 Å². The SMILES string of the molecule is CNCC1OC(c2cc3c(s2)C(CN)OCC3)CCc2ccsc21. The number of rotatable bonds is 4. The van der Waals surface area contributed by atoms with E-state index in [-0.39, 0.29) is 18.3 Å². The number of hydrogen-bond acceptors (Lipinski definition) is 6.